The Morgan fingerprint density at radius 2 is 2.10 bits per heavy atom. The Kier molecular flexibility index (Phi) is 5.68. The first-order valence-electron chi connectivity index (χ1n) is 7.40. The van der Waals surface area contributed by atoms with Crippen LogP contribution in [0.15, 0.2) is 24.8 Å². The largest absolute Gasteiger partial charge is 0.481 e. The molecule has 0 aliphatic heterocycles. The second-order valence-corrected chi connectivity index (χ2v) is 4.85. The van der Waals surface area contributed by atoms with Gasteiger partial charge in [0.25, 0.3) is 0 Å². The van der Waals surface area contributed by atoms with Crippen molar-refractivity contribution < 1.29 is 4.74 Å². The van der Waals surface area contributed by atoms with E-state index in [0.717, 1.165) is 37.4 Å². The van der Waals surface area contributed by atoms with Crippen LogP contribution in [0.3, 0.4) is 0 Å². The van der Waals surface area contributed by atoms with Crippen molar-refractivity contribution in [2.75, 3.05) is 13.7 Å². The lowest BCUT2D eigenvalue weighted by Crippen LogP contribution is -2.27. The normalized spacial score (nSPS) is 12.3. The predicted molar refractivity (Wildman–Crippen MR) is 81.2 cm³/mol. The molecule has 0 spiro atoms. The average Bonchev–Trinajstić information content (AvgIpc) is 2.97. The smallest absolute Gasteiger partial charge is 0.216 e. The minimum absolute atomic E-state index is 0.0524. The van der Waals surface area contributed by atoms with Gasteiger partial charge in [-0.2, -0.15) is 0 Å². The van der Waals surface area contributed by atoms with Gasteiger partial charge in [0.15, 0.2) is 0 Å². The molecule has 21 heavy (non-hydrogen) atoms. The minimum atomic E-state index is -0.0524. The molecule has 0 aliphatic rings. The molecule has 1 atom stereocenters. The second kappa shape index (κ2) is 7.73. The summed E-state index contributed by atoms with van der Waals surface area (Å²) in [5.41, 5.74) is 0.874. The molecule has 0 aromatic carbocycles. The maximum absolute atomic E-state index is 5.20. The number of nitrogens with one attached hydrogen (secondary N) is 1. The van der Waals surface area contributed by atoms with E-state index < -0.39 is 0 Å². The van der Waals surface area contributed by atoms with Crippen molar-refractivity contribution in [2.24, 2.45) is 0 Å². The van der Waals surface area contributed by atoms with E-state index in [1.807, 2.05) is 18.5 Å². The zero-order chi connectivity index (χ0) is 15.1. The van der Waals surface area contributed by atoms with E-state index in [4.69, 9.17) is 4.74 Å². The Labute approximate surface area is 125 Å². The van der Waals surface area contributed by atoms with E-state index in [1.165, 1.54) is 6.33 Å². The highest BCUT2D eigenvalue weighted by Gasteiger charge is 2.20. The topological polar surface area (TPSA) is 64.9 Å². The van der Waals surface area contributed by atoms with Gasteiger partial charge in [-0.3, -0.25) is 0 Å². The van der Waals surface area contributed by atoms with Gasteiger partial charge in [-0.25, -0.2) is 15.0 Å². The highest BCUT2D eigenvalue weighted by molar-refractivity contribution is 5.22. The number of nitrogens with zero attached hydrogens (tertiary/aromatic N) is 4. The van der Waals surface area contributed by atoms with Crippen molar-refractivity contribution in [1.29, 1.82) is 0 Å². The maximum Gasteiger partial charge on any atom is 0.216 e. The molecule has 2 aromatic heterocycles. The number of aryl methyl sites for hydroxylation is 1. The molecule has 0 saturated heterocycles. The lowest BCUT2D eigenvalue weighted by Gasteiger charge is -2.19. The summed E-state index contributed by atoms with van der Waals surface area (Å²) >= 11 is 0. The molecule has 0 aliphatic carbocycles. The average molecular weight is 289 g/mol. The van der Waals surface area contributed by atoms with Crippen molar-refractivity contribution in [1.82, 2.24) is 24.8 Å². The molecule has 1 unspecified atom stereocenters. The number of hydrogen-bond donors (Lipinski definition) is 1. The molecule has 0 fully saturated rings. The Bertz CT molecular complexity index is 555. The van der Waals surface area contributed by atoms with Gasteiger partial charge in [0.2, 0.25) is 5.88 Å². The minimum Gasteiger partial charge on any atom is -0.481 e. The summed E-state index contributed by atoms with van der Waals surface area (Å²) in [6.45, 7) is 6.15. The summed E-state index contributed by atoms with van der Waals surface area (Å²) in [6, 6.07) is 1.81. The van der Waals surface area contributed by atoms with Gasteiger partial charge in [0, 0.05) is 25.0 Å². The summed E-state index contributed by atoms with van der Waals surface area (Å²) < 4.78 is 7.37. The van der Waals surface area contributed by atoms with Crippen LogP contribution in [0.4, 0.5) is 0 Å². The molecule has 6 nitrogen and oxygen atoms in total. The number of rotatable bonds is 8. The summed E-state index contributed by atoms with van der Waals surface area (Å²) in [7, 11) is 1.61. The molecule has 114 valence electrons. The molecule has 0 bridgehead atoms. The molecule has 0 radical (unpaired) electrons. The third-order valence-corrected chi connectivity index (χ3v) is 3.24. The molecule has 0 saturated carbocycles. The van der Waals surface area contributed by atoms with Crippen LogP contribution in [0.5, 0.6) is 5.88 Å². The first-order chi connectivity index (χ1) is 10.3. The zero-order valence-corrected chi connectivity index (χ0v) is 12.9. The van der Waals surface area contributed by atoms with Gasteiger partial charge in [-0.15, -0.1) is 0 Å². The van der Waals surface area contributed by atoms with Crippen molar-refractivity contribution >= 4 is 0 Å². The zero-order valence-electron chi connectivity index (χ0n) is 12.9. The van der Waals surface area contributed by atoms with Crippen LogP contribution in [0.1, 0.15) is 44.2 Å². The van der Waals surface area contributed by atoms with Gasteiger partial charge < -0.3 is 14.6 Å². The molecule has 0 amide bonds. The first kappa shape index (κ1) is 15.4. The number of ether oxygens (including phenoxy) is 1. The van der Waals surface area contributed by atoms with E-state index in [-0.39, 0.29) is 6.04 Å². The number of methoxy groups -OCH3 is 1. The summed E-state index contributed by atoms with van der Waals surface area (Å²) in [6.07, 6.45) is 7.49. The third kappa shape index (κ3) is 3.78. The van der Waals surface area contributed by atoms with Gasteiger partial charge in [0.1, 0.15) is 18.2 Å². The van der Waals surface area contributed by atoms with E-state index in [0.29, 0.717) is 5.88 Å². The standard InChI is InChI=1S/C15H23N5O/c1-4-6-16-14(12-10-13(21-3)19-11-18-12)15-17-7-9-20(15)8-5-2/h7,9-11,14,16H,4-6,8H2,1-3H3. The van der Waals surface area contributed by atoms with Crippen molar-refractivity contribution in [3.63, 3.8) is 0 Å². The van der Waals surface area contributed by atoms with Gasteiger partial charge in [-0.1, -0.05) is 13.8 Å². The summed E-state index contributed by atoms with van der Waals surface area (Å²) in [4.78, 5) is 13.0. The van der Waals surface area contributed by atoms with Crippen LogP contribution in [0.2, 0.25) is 0 Å². The quantitative estimate of drug-likeness (QED) is 0.807. The lowest BCUT2D eigenvalue weighted by molar-refractivity contribution is 0.394. The monoisotopic (exact) mass is 289 g/mol. The van der Waals surface area contributed by atoms with E-state index in [9.17, 15) is 0 Å². The summed E-state index contributed by atoms with van der Waals surface area (Å²) in [5.74, 6) is 1.54. The number of aromatic nitrogens is 4. The third-order valence-electron chi connectivity index (χ3n) is 3.24. The van der Waals surface area contributed by atoms with Crippen LogP contribution in [-0.4, -0.2) is 33.2 Å². The molecule has 2 rings (SSSR count). The van der Waals surface area contributed by atoms with E-state index >= 15 is 0 Å². The predicted octanol–water partition coefficient (Wildman–Crippen LogP) is 2.18. The molecule has 1 N–H and O–H groups in total. The lowest BCUT2D eigenvalue weighted by atomic mass is 10.1. The fourth-order valence-electron chi connectivity index (χ4n) is 2.25. The summed E-state index contributed by atoms with van der Waals surface area (Å²) in [5, 5.41) is 3.51. The van der Waals surface area contributed by atoms with Gasteiger partial charge in [0.05, 0.1) is 12.8 Å². The molecule has 2 heterocycles. The maximum atomic E-state index is 5.20. The van der Waals surface area contributed by atoms with Crippen LogP contribution < -0.4 is 10.1 Å². The van der Waals surface area contributed by atoms with Gasteiger partial charge in [-0.05, 0) is 19.4 Å². The number of hydrogen-bond acceptors (Lipinski definition) is 5. The fourth-order valence-corrected chi connectivity index (χ4v) is 2.25. The van der Waals surface area contributed by atoms with Crippen LogP contribution >= 0.6 is 0 Å². The van der Waals surface area contributed by atoms with E-state index in [2.05, 4.69) is 38.7 Å². The number of imidazole rings is 1. The highest BCUT2D eigenvalue weighted by Crippen LogP contribution is 2.21. The van der Waals surface area contributed by atoms with Crippen LogP contribution in [0.25, 0.3) is 0 Å². The SMILES string of the molecule is CCCNC(c1cc(OC)ncn1)c1nccn1CCC. The first-order valence-corrected chi connectivity index (χ1v) is 7.40. The Morgan fingerprint density at radius 1 is 1.24 bits per heavy atom. The van der Waals surface area contributed by atoms with E-state index in [1.54, 1.807) is 7.11 Å². The Hall–Kier alpha value is -1.95. The Balaban J connectivity index is 2.34. The fraction of sp³-hybridized carbons (Fsp3) is 0.533. The molecule has 6 heteroatoms. The van der Waals surface area contributed by atoms with Crippen LogP contribution in [-0.2, 0) is 6.54 Å². The van der Waals surface area contributed by atoms with Crippen molar-refractivity contribution in [2.45, 2.75) is 39.3 Å². The highest BCUT2D eigenvalue weighted by atomic mass is 16.5. The molecular weight excluding hydrogens is 266 g/mol. The van der Waals surface area contributed by atoms with Crippen LogP contribution in [0, 0.1) is 0 Å². The van der Waals surface area contributed by atoms with Crippen molar-refractivity contribution in [3.8, 4) is 5.88 Å². The Morgan fingerprint density at radius 3 is 2.81 bits per heavy atom. The second-order valence-electron chi connectivity index (χ2n) is 4.85. The molecular formula is C15H23N5O. The molecule has 2 aromatic rings. The van der Waals surface area contributed by atoms with Crippen molar-refractivity contribution in [3.05, 3.63) is 36.3 Å². The van der Waals surface area contributed by atoms with Gasteiger partial charge >= 0.3 is 0 Å².